The van der Waals surface area contributed by atoms with E-state index >= 15 is 0 Å². The summed E-state index contributed by atoms with van der Waals surface area (Å²) < 4.78 is 0. The molecule has 94 valence electrons. The lowest BCUT2D eigenvalue weighted by molar-refractivity contribution is -0.118. The summed E-state index contributed by atoms with van der Waals surface area (Å²) in [6, 6.07) is 7.40. The monoisotopic (exact) mass is 261 g/mol. The van der Waals surface area contributed by atoms with E-state index in [4.69, 9.17) is 11.6 Å². The number of anilines is 1. The quantitative estimate of drug-likeness (QED) is 0.866. The Morgan fingerprint density at radius 3 is 2.61 bits per heavy atom. The summed E-state index contributed by atoms with van der Waals surface area (Å²) >= 11 is 5.92. The molecule has 3 aliphatic carbocycles. The van der Waals surface area contributed by atoms with Gasteiger partial charge in [0.2, 0.25) is 5.91 Å². The maximum Gasteiger partial charge on any atom is 0.228 e. The SMILES string of the molecule is O=C(Nc1cccc(Cl)c1)C1[C@@H]2[C@@H]3CC[C@H](C3)[C@H]12. The van der Waals surface area contributed by atoms with Crippen molar-refractivity contribution in [3.8, 4) is 0 Å². The van der Waals surface area contributed by atoms with Crippen LogP contribution in [0.5, 0.6) is 0 Å². The van der Waals surface area contributed by atoms with Crippen molar-refractivity contribution in [2.45, 2.75) is 19.3 Å². The molecule has 2 nitrogen and oxygen atoms in total. The van der Waals surface area contributed by atoms with Crippen molar-refractivity contribution in [2.75, 3.05) is 5.32 Å². The fourth-order valence-corrected chi connectivity index (χ4v) is 4.66. The van der Waals surface area contributed by atoms with Crippen LogP contribution in [0.1, 0.15) is 19.3 Å². The molecule has 3 heteroatoms. The number of benzene rings is 1. The first-order valence-corrected chi connectivity index (χ1v) is 7.18. The van der Waals surface area contributed by atoms with Crippen molar-refractivity contribution in [2.24, 2.45) is 29.6 Å². The second kappa shape index (κ2) is 3.74. The van der Waals surface area contributed by atoms with Crippen LogP contribution in [0, 0.1) is 29.6 Å². The fourth-order valence-electron chi connectivity index (χ4n) is 4.47. The summed E-state index contributed by atoms with van der Waals surface area (Å²) in [6.07, 6.45) is 4.09. The van der Waals surface area contributed by atoms with Crippen LogP contribution in [0.25, 0.3) is 0 Å². The topological polar surface area (TPSA) is 29.1 Å². The Hall–Kier alpha value is -1.02. The van der Waals surface area contributed by atoms with Crippen molar-refractivity contribution >= 4 is 23.2 Å². The number of hydrogen-bond donors (Lipinski definition) is 1. The van der Waals surface area contributed by atoms with Gasteiger partial charge in [-0.15, -0.1) is 0 Å². The van der Waals surface area contributed by atoms with Crippen molar-refractivity contribution in [1.29, 1.82) is 0 Å². The van der Waals surface area contributed by atoms with E-state index in [-0.39, 0.29) is 11.8 Å². The van der Waals surface area contributed by atoms with Crippen LogP contribution in [0.3, 0.4) is 0 Å². The van der Waals surface area contributed by atoms with Gasteiger partial charge < -0.3 is 5.32 Å². The van der Waals surface area contributed by atoms with Crippen LogP contribution in [-0.4, -0.2) is 5.91 Å². The minimum absolute atomic E-state index is 0.212. The van der Waals surface area contributed by atoms with Crippen molar-refractivity contribution < 1.29 is 4.79 Å². The Kier molecular flexibility index (Phi) is 2.25. The molecule has 1 amide bonds. The minimum Gasteiger partial charge on any atom is -0.326 e. The molecule has 0 radical (unpaired) electrons. The normalized spacial score (nSPS) is 39.5. The molecule has 4 rings (SSSR count). The molecular weight excluding hydrogens is 246 g/mol. The van der Waals surface area contributed by atoms with E-state index in [2.05, 4.69) is 5.32 Å². The molecule has 0 aromatic heterocycles. The highest BCUT2D eigenvalue weighted by atomic mass is 35.5. The Labute approximate surface area is 112 Å². The van der Waals surface area contributed by atoms with Gasteiger partial charge in [0.05, 0.1) is 0 Å². The van der Waals surface area contributed by atoms with Crippen LogP contribution in [0.4, 0.5) is 5.69 Å². The molecule has 0 heterocycles. The summed E-state index contributed by atoms with van der Waals surface area (Å²) in [7, 11) is 0. The Balaban J connectivity index is 1.47. The van der Waals surface area contributed by atoms with Crippen LogP contribution < -0.4 is 5.32 Å². The van der Waals surface area contributed by atoms with E-state index in [0.717, 1.165) is 17.5 Å². The predicted molar refractivity (Wildman–Crippen MR) is 71.4 cm³/mol. The third kappa shape index (κ3) is 1.51. The lowest BCUT2D eigenvalue weighted by atomic mass is 10.0. The first kappa shape index (κ1) is 10.9. The Morgan fingerprint density at radius 2 is 1.94 bits per heavy atom. The van der Waals surface area contributed by atoms with Gasteiger partial charge in [0, 0.05) is 16.6 Å². The third-order valence-corrected chi connectivity index (χ3v) is 5.37. The number of carbonyl (C=O) groups is 1. The molecule has 5 atom stereocenters. The molecule has 0 spiro atoms. The van der Waals surface area contributed by atoms with E-state index in [1.54, 1.807) is 0 Å². The molecule has 18 heavy (non-hydrogen) atoms. The van der Waals surface area contributed by atoms with Gasteiger partial charge in [-0.3, -0.25) is 4.79 Å². The van der Waals surface area contributed by atoms with Gasteiger partial charge in [-0.1, -0.05) is 17.7 Å². The zero-order chi connectivity index (χ0) is 12.3. The van der Waals surface area contributed by atoms with E-state index in [1.165, 1.54) is 19.3 Å². The molecule has 1 aromatic rings. The first-order chi connectivity index (χ1) is 8.74. The molecule has 0 aliphatic heterocycles. The van der Waals surface area contributed by atoms with E-state index in [9.17, 15) is 4.79 Å². The standard InChI is InChI=1S/C15H16ClNO/c16-10-2-1-3-11(7-10)17-15(18)14-12-8-4-5-9(6-8)13(12)14/h1-3,7-9,12-14H,4-6H2,(H,17,18)/t8-,9-,12-,13+,14?/m1/s1. The smallest absolute Gasteiger partial charge is 0.228 e. The van der Waals surface area contributed by atoms with Crippen molar-refractivity contribution in [3.63, 3.8) is 0 Å². The van der Waals surface area contributed by atoms with E-state index < -0.39 is 0 Å². The van der Waals surface area contributed by atoms with Gasteiger partial charge in [0.15, 0.2) is 0 Å². The number of carbonyl (C=O) groups excluding carboxylic acids is 1. The summed E-state index contributed by atoms with van der Waals surface area (Å²) in [6.45, 7) is 0. The number of hydrogen-bond acceptors (Lipinski definition) is 1. The van der Waals surface area contributed by atoms with Crippen LogP contribution >= 0.6 is 11.6 Å². The fraction of sp³-hybridized carbons (Fsp3) is 0.533. The van der Waals surface area contributed by atoms with Crippen molar-refractivity contribution in [1.82, 2.24) is 0 Å². The molecule has 2 bridgehead atoms. The maximum atomic E-state index is 12.3. The first-order valence-electron chi connectivity index (χ1n) is 6.80. The number of nitrogens with one attached hydrogen (secondary N) is 1. The van der Waals surface area contributed by atoms with Gasteiger partial charge in [0.1, 0.15) is 0 Å². The van der Waals surface area contributed by atoms with Gasteiger partial charge in [-0.2, -0.15) is 0 Å². The zero-order valence-electron chi connectivity index (χ0n) is 10.1. The lowest BCUT2D eigenvalue weighted by Crippen LogP contribution is -2.18. The number of amides is 1. The summed E-state index contributed by atoms with van der Waals surface area (Å²) in [5.41, 5.74) is 0.824. The van der Waals surface area contributed by atoms with Crippen LogP contribution in [0.15, 0.2) is 24.3 Å². The number of halogens is 1. The van der Waals surface area contributed by atoms with E-state index in [0.29, 0.717) is 16.9 Å². The molecule has 3 aliphatic rings. The Bertz CT molecular complexity index is 499. The van der Waals surface area contributed by atoms with Gasteiger partial charge >= 0.3 is 0 Å². The summed E-state index contributed by atoms with van der Waals surface area (Å²) in [4.78, 5) is 12.3. The third-order valence-electron chi connectivity index (χ3n) is 5.13. The number of rotatable bonds is 2. The average Bonchev–Trinajstić information content (AvgIpc) is 2.79. The molecule has 1 N–H and O–H groups in total. The molecule has 3 saturated carbocycles. The highest BCUT2D eigenvalue weighted by Crippen LogP contribution is 2.69. The lowest BCUT2D eigenvalue weighted by Gasteiger charge is -2.09. The van der Waals surface area contributed by atoms with Gasteiger partial charge in [0.25, 0.3) is 0 Å². The summed E-state index contributed by atoms with van der Waals surface area (Å²) in [5.74, 6) is 3.58. The summed E-state index contributed by atoms with van der Waals surface area (Å²) in [5, 5.41) is 3.69. The minimum atomic E-state index is 0.212. The number of fused-ring (bicyclic) bond motifs is 5. The zero-order valence-corrected chi connectivity index (χ0v) is 10.9. The largest absolute Gasteiger partial charge is 0.326 e. The Morgan fingerprint density at radius 1 is 1.22 bits per heavy atom. The molecule has 3 fully saturated rings. The van der Waals surface area contributed by atoms with Gasteiger partial charge in [-0.05, 0) is 61.1 Å². The molecular formula is C15H16ClNO. The molecule has 1 unspecified atom stereocenters. The van der Waals surface area contributed by atoms with Crippen LogP contribution in [-0.2, 0) is 4.79 Å². The highest BCUT2D eigenvalue weighted by molar-refractivity contribution is 6.30. The van der Waals surface area contributed by atoms with Crippen LogP contribution in [0.2, 0.25) is 5.02 Å². The van der Waals surface area contributed by atoms with Gasteiger partial charge in [-0.25, -0.2) is 0 Å². The highest BCUT2D eigenvalue weighted by Gasteiger charge is 2.67. The average molecular weight is 262 g/mol. The molecule has 1 aromatic carbocycles. The predicted octanol–water partition coefficient (Wildman–Crippen LogP) is 3.57. The molecule has 0 saturated heterocycles. The maximum absolute atomic E-state index is 12.3. The van der Waals surface area contributed by atoms with E-state index in [1.807, 2.05) is 24.3 Å². The van der Waals surface area contributed by atoms with Crippen molar-refractivity contribution in [3.05, 3.63) is 29.3 Å². The second-order valence-corrected chi connectivity index (χ2v) is 6.45. The second-order valence-electron chi connectivity index (χ2n) is 6.01.